The largest absolute Gasteiger partial charge is 0.449 e. The number of ether oxygens (including phenoxy) is 2. The molecule has 0 aliphatic carbocycles. The van der Waals surface area contributed by atoms with Gasteiger partial charge in [-0.1, -0.05) is 36.4 Å². The van der Waals surface area contributed by atoms with Crippen molar-refractivity contribution in [1.29, 1.82) is 0 Å². The lowest BCUT2D eigenvalue weighted by Crippen LogP contribution is -2.04. The molecular formula is C19H18O3. The highest BCUT2D eigenvalue weighted by atomic mass is 16.5. The van der Waals surface area contributed by atoms with Crippen LogP contribution in [-0.4, -0.2) is 18.7 Å². The maximum absolute atomic E-state index is 11.6. The molecule has 3 heteroatoms. The summed E-state index contributed by atoms with van der Waals surface area (Å²) in [6, 6.07) is 8.76. The van der Waals surface area contributed by atoms with Gasteiger partial charge >= 0.3 is 5.97 Å². The predicted molar refractivity (Wildman–Crippen MR) is 86.8 cm³/mol. The van der Waals surface area contributed by atoms with Crippen LogP contribution in [-0.2, 0) is 9.47 Å². The maximum atomic E-state index is 11.6. The van der Waals surface area contributed by atoms with E-state index in [1.54, 1.807) is 24.3 Å². The molecule has 1 aromatic rings. The standard InChI is InChI=1S/C19H18O3/c1-3-4-7-12-17(2)21-15-10-6-11-16-22-19(20)18-13-8-5-9-14-18/h3-5,7-9,12-14,17H,16H2,1-2H3/b4-3-,12-7-. The summed E-state index contributed by atoms with van der Waals surface area (Å²) in [5, 5.41) is 0. The van der Waals surface area contributed by atoms with Gasteiger partial charge in [0.05, 0.1) is 5.56 Å². The van der Waals surface area contributed by atoms with Crippen LogP contribution in [0.2, 0.25) is 0 Å². The quantitative estimate of drug-likeness (QED) is 0.474. The van der Waals surface area contributed by atoms with Crippen molar-refractivity contribution in [2.75, 3.05) is 6.61 Å². The summed E-state index contributed by atoms with van der Waals surface area (Å²) in [6.45, 7) is 3.82. The molecule has 0 spiro atoms. The predicted octanol–water partition coefficient (Wildman–Crippen LogP) is 3.35. The van der Waals surface area contributed by atoms with Gasteiger partial charge < -0.3 is 9.47 Å². The van der Waals surface area contributed by atoms with E-state index in [0.29, 0.717) is 5.56 Å². The van der Waals surface area contributed by atoms with Crippen molar-refractivity contribution in [2.45, 2.75) is 20.0 Å². The zero-order valence-electron chi connectivity index (χ0n) is 12.7. The normalized spacial score (nSPS) is 11.2. The first kappa shape index (κ1) is 17.1. The van der Waals surface area contributed by atoms with Gasteiger partial charge in [0.2, 0.25) is 0 Å². The second kappa shape index (κ2) is 10.8. The lowest BCUT2D eigenvalue weighted by molar-refractivity contribution is 0.0556. The molecule has 0 N–H and O–H groups in total. The van der Waals surface area contributed by atoms with Crippen LogP contribution in [0.4, 0.5) is 0 Å². The Morgan fingerprint density at radius 1 is 1.23 bits per heavy atom. The summed E-state index contributed by atoms with van der Waals surface area (Å²) in [5.41, 5.74) is 0.500. The van der Waals surface area contributed by atoms with Crippen LogP contribution in [0.3, 0.4) is 0 Å². The molecule has 0 bridgehead atoms. The minimum absolute atomic E-state index is 0.000835. The van der Waals surface area contributed by atoms with Crippen LogP contribution < -0.4 is 0 Å². The van der Waals surface area contributed by atoms with Gasteiger partial charge in [0.25, 0.3) is 0 Å². The average Bonchev–Trinajstić information content (AvgIpc) is 2.55. The van der Waals surface area contributed by atoms with Gasteiger partial charge in [0.1, 0.15) is 12.2 Å². The van der Waals surface area contributed by atoms with Crippen LogP contribution in [0, 0.1) is 23.9 Å². The smallest absolute Gasteiger partial charge is 0.339 e. The molecule has 1 unspecified atom stereocenters. The highest BCUT2D eigenvalue weighted by Gasteiger charge is 2.03. The molecule has 1 atom stereocenters. The van der Waals surface area contributed by atoms with Crippen molar-refractivity contribution in [3.8, 4) is 23.9 Å². The number of esters is 1. The highest BCUT2D eigenvalue weighted by Crippen LogP contribution is 2.00. The first-order valence-electron chi connectivity index (χ1n) is 6.89. The van der Waals surface area contributed by atoms with Gasteiger partial charge in [0, 0.05) is 5.92 Å². The summed E-state index contributed by atoms with van der Waals surface area (Å²) >= 11 is 0. The number of hydrogen-bond donors (Lipinski definition) is 0. The molecule has 0 radical (unpaired) electrons. The third-order valence-corrected chi connectivity index (χ3v) is 2.42. The molecule has 1 rings (SSSR count). The van der Waals surface area contributed by atoms with Crippen molar-refractivity contribution in [3.05, 3.63) is 60.2 Å². The van der Waals surface area contributed by atoms with Gasteiger partial charge in [-0.15, -0.1) is 0 Å². The molecule has 0 saturated heterocycles. The summed E-state index contributed by atoms with van der Waals surface area (Å²) in [7, 11) is 0. The number of benzene rings is 1. The first-order chi connectivity index (χ1) is 10.7. The minimum Gasteiger partial charge on any atom is -0.449 e. The second-order valence-electron chi connectivity index (χ2n) is 4.20. The molecule has 0 amide bonds. The zero-order chi connectivity index (χ0) is 16.0. The molecule has 0 aromatic heterocycles. The molecular weight excluding hydrogens is 276 g/mol. The number of hydrogen-bond acceptors (Lipinski definition) is 3. The van der Waals surface area contributed by atoms with Gasteiger partial charge in [-0.25, -0.2) is 4.79 Å². The molecule has 0 saturated carbocycles. The summed E-state index contributed by atoms with van der Waals surface area (Å²) in [5.74, 6) is 7.34. The molecule has 22 heavy (non-hydrogen) atoms. The van der Waals surface area contributed by atoms with Gasteiger partial charge in [-0.3, -0.25) is 0 Å². The van der Waals surface area contributed by atoms with E-state index in [4.69, 9.17) is 9.47 Å². The van der Waals surface area contributed by atoms with E-state index in [1.165, 1.54) is 0 Å². The fraction of sp³-hybridized carbons (Fsp3) is 0.211. The van der Waals surface area contributed by atoms with Gasteiger partial charge in [0.15, 0.2) is 6.61 Å². The second-order valence-corrected chi connectivity index (χ2v) is 4.20. The number of carbonyl (C=O) groups is 1. The molecule has 0 aliphatic heterocycles. The number of allylic oxidation sites excluding steroid dienone is 3. The third kappa shape index (κ3) is 7.62. The van der Waals surface area contributed by atoms with Crippen LogP contribution in [0.25, 0.3) is 0 Å². The fourth-order valence-electron chi connectivity index (χ4n) is 1.36. The molecule has 3 nitrogen and oxygen atoms in total. The van der Waals surface area contributed by atoms with Crippen LogP contribution in [0.5, 0.6) is 0 Å². The zero-order valence-corrected chi connectivity index (χ0v) is 12.7. The van der Waals surface area contributed by atoms with E-state index >= 15 is 0 Å². The molecule has 0 heterocycles. The van der Waals surface area contributed by atoms with E-state index in [1.807, 2.05) is 44.2 Å². The Morgan fingerprint density at radius 2 is 2.00 bits per heavy atom. The van der Waals surface area contributed by atoms with E-state index in [9.17, 15) is 4.79 Å². The van der Waals surface area contributed by atoms with E-state index < -0.39 is 5.97 Å². The lowest BCUT2D eigenvalue weighted by Gasteiger charge is -2.00. The maximum Gasteiger partial charge on any atom is 0.339 e. The Hall–Kier alpha value is -2.91. The van der Waals surface area contributed by atoms with Crippen molar-refractivity contribution < 1.29 is 14.3 Å². The third-order valence-electron chi connectivity index (χ3n) is 2.42. The SMILES string of the molecule is C/C=C\C=C/C(C)OC#CC#CCOC(=O)c1ccccc1. The van der Waals surface area contributed by atoms with Gasteiger partial charge in [-0.2, -0.15) is 0 Å². The summed E-state index contributed by atoms with van der Waals surface area (Å²) in [4.78, 5) is 11.6. The summed E-state index contributed by atoms with van der Waals surface area (Å²) in [6.07, 6.45) is 9.99. The molecule has 0 fully saturated rings. The average molecular weight is 294 g/mol. The summed E-state index contributed by atoms with van der Waals surface area (Å²) < 4.78 is 10.2. The minimum atomic E-state index is -0.401. The Morgan fingerprint density at radius 3 is 2.73 bits per heavy atom. The van der Waals surface area contributed by atoms with Crippen molar-refractivity contribution >= 4 is 5.97 Å². The van der Waals surface area contributed by atoms with Crippen molar-refractivity contribution in [3.63, 3.8) is 0 Å². The number of rotatable bonds is 5. The van der Waals surface area contributed by atoms with Crippen LogP contribution in [0.1, 0.15) is 24.2 Å². The lowest BCUT2D eigenvalue weighted by atomic mass is 10.2. The Balaban J connectivity index is 2.28. The number of carbonyl (C=O) groups excluding carboxylic acids is 1. The first-order valence-corrected chi connectivity index (χ1v) is 6.89. The van der Waals surface area contributed by atoms with E-state index in [2.05, 4.69) is 23.9 Å². The van der Waals surface area contributed by atoms with E-state index in [-0.39, 0.29) is 12.7 Å². The molecule has 0 aliphatic rings. The Labute approximate surface area is 131 Å². The van der Waals surface area contributed by atoms with Crippen molar-refractivity contribution in [2.24, 2.45) is 0 Å². The van der Waals surface area contributed by atoms with Crippen molar-refractivity contribution in [1.82, 2.24) is 0 Å². The molecule has 1 aromatic carbocycles. The topological polar surface area (TPSA) is 35.5 Å². The van der Waals surface area contributed by atoms with E-state index in [0.717, 1.165) is 0 Å². The van der Waals surface area contributed by atoms with Gasteiger partial charge in [-0.05, 0) is 43.9 Å². The monoisotopic (exact) mass is 294 g/mol. The molecule has 112 valence electrons. The van der Waals surface area contributed by atoms with Crippen LogP contribution in [0.15, 0.2) is 54.6 Å². The fourth-order valence-corrected chi connectivity index (χ4v) is 1.36. The van der Waals surface area contributed by atoms with Crippen LogP contribution >= 0.6 is 0 Å². The Kier molecular flexibility index (Phi) is 8.44. The highest BCUT2D eigenvalue weighted by molar-refractivity contribution is 5.89. The Bertz CT molecular complexity index is 634.